The molecule has 0 saturated heterocycles. The topological polar surface area (TPSA) is 33.5 Å². The minimum Gasteiger partial charge on any atom is -0.457 e. The van der Waals surface area contributed by atoms with Crippen molar-refractivity contribution in [3.05, 3.63) is 221 Å². The number of fused-ring (bicyclic) bond motifs is 3. The summed E-state index contributed by atoms with van der Waals surface area (Å²) >= 11 is 0. The summed E-state index contributed by atoms with van der Waals surface area (Å²) in [4.78, 5) is 10.1. The van der Waals surface area contributed by atoms with Gasteiger partial charge in [-0.15, -0.1) is 0 Å². The Morgan fingerprint density at radius 1 is 0.487 bits per heavy atom. The van der Waals surface area contributed by atoms with Gasteiger partial charge < -0.3 is 14.5 Å². The molecule has 0 spiro atoms. The van der Waals surface area contributed by atoms with Gasteiger partial charge in [-0.25, -0.2) is 4.98 Å². The summed E-state index contributed by atoms with van der Waals surface area (Å²) in [6.07, 6.45) is 4.38. The van der Waals surface area contributed by atoms with Crippen LogP contribution in [-0.4, -0.2) is 16.2 Å². The largest absolute Gasteiger partial charge is 0.457 e. The van der Waals surface area contributed by atoms with Crippen molar-refractivity contribution in [2.24, 2.45) is 0 Å². The molecule has 0 fully saturated rings. The van der Waals surface area contributed by atoms with E-state index < -0.39 is 0 Å². The fourth-order valence-electron chi connectivity index (χ4n) is 11.2. The maximum atomic E-state index is 7.38. The number of rotatable bonds is 11. The second-order valence-electron chi connectivity index (χ2n) is 25.5. The molecule has 7 aromatic carbocycles. The second-order valence-corrected chi connectivity index (χ2v) is 25.5. The lowest BCUT2D eigenvalue weighted by molar-refractivity contribution is 0.480. The fraction of sp³-hybridized carbons (Fsp3) is 0.310. The summed E-state index contributed by atoms with van der Waals surface area (Å²) in [7, 11) is 0. The number of anilines is 2. The van der Waals surface area contributed by atoms with E-state index in [9.17, 15) is 0 Å². The van der Waals surface area contributed by atoms with Gasteiger partial charge in [-0.05, 0) is 127 Å². The van der Waals surface area contributed by atoms with E-state index in [4.69, 9.17) is 9.72 Å². The number of hydrogen-bond donors (Lipinski definition) is 0. The maximum Gasteiger partial charge on any atom is 0.137 e. The highest BCUT2D eigenvalue weighted by Gasteiger charge is 2.33. The Hall–Kier alpha value is -7.37. The van der Waals surface area contributed by atoms with E-state index in [1.807, 2.05) is 6.20 Å². The summed E-state index contributed by atoms with van der Waals surface area (Å²) < 4.78 is 9.72. The van der Waals surface area contributed by atoms with Gasteiger partial charge in [0.05, 0.1) is 23.4 Å². The molecule has 1 aliphatic rings. The molecule has 0 atom stereocenters. The molecule has 0 N–H and O–H groups in total. The zero-order valence-corrected chi connectivity index (χ0v) is 47.8. The van der Waals surface area contributed by atoms with Crippen molar-refractivity contribution in [2.45, 2.75) is 137 Å². The molecule has 5 heteroatoms. The van der Waals surface area contributed by atoms with Crippen LogP contribution in [0.1, 0.15) is 160 Å². The van der Waals surface area contributed by atoms with Crippen LogP contribution >= 0.6 is 0 Å². The van der Waals surface area contributed by atoms with Gasteiger partial charge in [-0.2, -0.15) is 0 Å². The van der Waals surface area contributed by atoms with E-state index in [0.717, 1.165) is 45.2 Å². The zero-order valence-electron chi connectivity index (χ0n) is 47.8. The number of para-hydroxylation sites is 1. The number of pyridine rings is 1. The van der Waals surface area contributed by atoms with Gasteiger partial charge in [0.15, 0.2) is 0 Å². The van der Waals surface area contributed by atoms with E-state index >= 15 is 0 Å². The summed E-state index contributed by atoms with van der Waals surface area (Å²) in [6.45, 7) is 35.3. The van der Waals surface area contributed by atoms with Gasteiger partial charge >= 0.3 is 0 Å². The third-order valence-electron chi connectivity index (χ3n) is 15.8. The molecule has 3 heterocycles. The average Bonchev–Trinajstić information content (AvgIpc) is 4.10. The molecule has 0 saturated carbocycles. The zero-order chi connectivity index (χ0) is 54.1. The quantitative estimate of drug-likeness (QED) is 0.129. The Bertz CT molecular complexity index is 3600. The molecular formula is C71H78N4O. The molecule has 0 aliphatic carbocycles. The third kappa shape index (κ3) is 9.97. The minimum atomic E-state index is -0.230. The predicted molar refractivity (Wildman–Crippen MR) is 324 cm³/mol. The van der Waals surface area contributed by atoms with Gasteiger partial charge in [0.25, 0.3) is 0 Å². The molecule has 76 heavy (non-hydrogen) atoms. The highest BCUT2D eigenvalue weighted by atomic mass is 16.5. The monoisotopic (exact) mass is 1000 g/mol. The Kier molecular flexibility index (Phi) is 13.5. The lowest BCUT2D eigenvalue weighted by Gasteiger charge is -2.32. The maximum absolute atomic E-state index is 7.38. The van der Waals surface area contributed by atoms with Crippen LogP contribution in [0.4, 0.5) is 11.4 Å². The van der Waals surface area contributed by atoms with Crippen LogP contribution in [0.15, 0.2) is 176 Å². The molecule has 0 radical (unpaired) electrons. The van der Waals surface area contributed by atoms with Crippen molar-refractivity contribution < 1.29 is 4.74 Å². The van der Waals surface area contributed by atoms with Crippen molar-refractivity contribution >= 4 is 38.9 Å². The Morgan fingerprint density at radius 2 is 1.11 bits per heavy atom. The van der Waals surface area contributed by atoms with Crippen molar-refractivity contribution in [3.8, 4) is 28.4 Å². The first-order valence-electron chi connectivity index (χ1n) is 27.5. The Labute approximate surface area is 453 Å². The highest BCUT2D eigenvalue weighted by molar-refractivity contribution is 6.11. The molecule has 5 nitrogen and oxygen atoms in total. The molecule has 0 bridgehead atoms. The van der Waals surface area contributed by atoms with E-state index in [1.54, 1.807) is 0 Å². The smallest absolute Gasteiger partial charge is 0.137 e. The van der Waals surface area contributed by atoms with Crippen molar-refractivity contribution in [3.63, 3.8) is 0 Å². The molecule has 10 rings (SSSR count). The first-order chi connectivity index (χ1) is 36.0. The molecule has 0 unspecified atom stereocenters. The van der Waals surface area contributed by atoms with Crippen molar-refractivity contribution in [1.82, 2.24) is 9.55 Å². The first kappa shape index (κ1) is 52.1. The van der Waals surface area contributed by atoms with Crippen molar-refractivity contribution in [2.75, 3.05) is 16.5 Å². The summed E-state index contributed by atoms with van der Waals surface area (Å²) in [6, 6.07) is 60.4. The molecule has 2 aromatic heterocycles. The standard InChI is InChI=1S/C71H78N4O/c1-46(2)58-30-24-31-59(47(3)4)66(58)64-44-73(54-38-52(69(8,9)10)37-53(39-54)71(14,15)50-27-20-17-21-28-50)45-74(64)55-35-49(48-25-18-16-19-26-48)36-56(41-55)76-57-42-61(70(11,12)13)67-60-29-22-23-32-62(60)75(63(67)43-57)65-40-51(33-34-72-65)68(5,6)7/h16-44,46-47H,45H2,1-15H3. The van der Waals surface area contributed by atoms with Gasteiger partial charge in [0, 0.05) is 57.7 Å². The van der Waals surface area contributed by atoms with Crippen LogP contribution in [0, 0.1) is 0 Å². The summed E-state index contributed by atoms with van der Waals surface area (Å²) in [5.74, 6) is 3.05. The fourth-order valence-corrected chi connectivity index (χ4v) is 11.2. The lowest BCUT2D eigenvalue weighted by Crippen LogP contribution is -2.28. The second kappa shape index (κ2) is 19.6. The molecular weight excluding hydrogens is 925 g/mol. The van der Waals surface area contributed by atoms with Crippen LogP contribution in [-0.2, 0) is 21.7 Å². The Morgan fingerprint density at radius 3 is 1.75 bits per heavy atom. The van der Waals surface area contributed by atoms with E-state index in [0.29, 0.717) is 18.5 Å². The van der Waals surface area contributed by atoms with Gasteiger partial charge in [0.1, 0.15) is 17.3 Å². The third-order valence-corrected chi connectivity index (χ3v) is 15.8. The molecule has 1 aliphatic heterocycles. The molecule has 388 valence electrons. The lowest BCUT2D eigenvalue weighted by atomic mass is 9.75. The molecule has 9 aromatic rings. The first-order valence-corrected chi connectivity index (χ1v) is 27.5. The van der Waals surface area contributed by atoms with E-state index in [2.05, 4.69) is 288 Å². The number of nitrogens with zero attached hydrogens (tertiary/aromatic N) is 4. The SMILES string of the molecule is CC(C)c1cccc(C(C)C)c1C1=CN(c2cc(C(C)(C)C)cc(C(C)(C)c3ccccc3)c2)CN1c1cc(Oc2cc(C(C)(C)C)c3c4ccccc4n(-c4cc(C(C)(C)C)ccn4)c3c2)cc(-c2ccccc2)c1. The van der Waals surface area contributed by atoms with Gasteiger partial charge in [0.2, 0.25) is 0 Å². The summed E-state index contributed by atoms with van der Waals surface area (Å²) in [5, 5.41) is 2.43. The van der Waals surface area contributed by atoms with Gasteiger partial charge in [-0.1, -0.05) is 207 Å². The molecule has 0 amide bonds. The highest BCUT2D eigenvalue weighted by Crippen LogP contribution is 2.47. The number of ether oxygens (including phenoxy) is 1. The number of aromatic nitrogens is 2. The van der Waals surface area contributed by atoms with E-state index in [1.165, 1.54) is 66.7 Å². The van der Waals surface area contributed by atoms with Crippen molar-refractivity contribution in [1.29, 1.82) is 0 Å². The van der Waals surface area contributed by atoms with E-state index in [-0.39, 0.29) is 21.7 Å². The number of hydrogen-bond acceptors (Lipinski definition) is 4. The Balaban J connectivity index is 1.18. The predicted octanol–water partition coefficient (Wildman–Crippen LogP) is 19.4. The van der Waals surface area contributed by atoms with Crippen LogP contribution in [0.2, 0.25) is 0 Å². The van der Waals surface area contributed by atoms with Gasteiger partial charge in [-0.3, -0.25) is 4.57 Å². The number of benzene rings is 7. The summed E-state index contributed by atoms with van der Waals surface area (Å²) in [5.41, 5.74) is 17.6. The average molecular weight is 1000 g/mol. The van der Waals surface area contributed by atoms with Crippen LogP contribution in [0.3, 0.4) is 0 Å². The normalized spacial score (nSPS) is 13.7. The van der Waals surface area contributed by atoms with Crippen LogP contribution in [0.25, 0.3) is 44.4 Å². The van der Waals surface area contributed by atoms with Crippen LogP contribution < -0.4 is 14.5 Å². The minimum absolute atomic E-state index is 0.0455. The van der Waals surface area contributed by atoms with Crippen LogP contribution in [0.5, 0.6) is 11.5 Å².